The van der Waals surface area contributed by atoms with E-state index in [1.807, 2.05) is 0 Å². The Bertz CT molecular complexity index is 717. The van der Waals surface area contributed by atoms with Crippen LogP contribution in [0, 0.1) is 6.92 Å². The molecule has 0 aliphatic rings. The van der Waals surface area contributed by atoms with Crippen LogP contribution in [0.4, 0.5) is 5.69 Å². The van der Waals surface area contributed by atoms with Gasteiger partial charge in [-0.1, -0.05) is 11.6 Å². The number of sulfonamides is 1. The molecule has 0 saturated heterocycles. The molecule has 2 aromatic rings. The van der Waals surface area contributed by atoms with Crippen molar-refractivity contribution in [3.8, 4) is 0 Å². The van der Waals surface area contributed by atoms with Crippen LogP contribution in [0.25, 0.3) is 0 Å². The SMILES string of the molecule is Cc1c(N)cc(S(=O)(=O)NCc2ccn(C)n2)cc1Cl. The first-order chi connectivity index (χ1) is 9.29. The molecule has 0 aliphatic heterocycles. The molecule has 0 amide bonds. The summed E-state index contributed by atoms with van der Waals surface area (Å²) in [6.45, 7) is 1.84. The molecule has 0 aliphatic carbocycles. The average Bonchev–Trinajstić information content (AvgIpc) is 2.79. The van der Waals surface area contributed by atoms with E-state index >= 15 is 0 Å². The molecule has 1 heterocycles. The summed E-state index contributed by atoms with van der Waals surface area (Å²) in [5.41, 5.74) is 7.37. The molecule has 108 valence electrons. The molecule has 2 rings (SSSR count). The molecule has 20 heavy (non-hydrogen) atoms. The molecule has 0 bridgehead atoms. The summed E-state index contributed by atoms with van der Waals surface area (Å²) in [4.78, 5) is 0.0431. The molecule has 0 unspecified atom stereocenters. The predicted octanol–water partition coefficient (Wildman–Crippen LogP) is 1.44. The molecular weight excluding hydrogens is 300 g/mol. The van der Waals surface area contributed by atoms with Gasteiger partial charge in [0.2, 0.25) is 10.0 Å². The fourth-order valence-electron chi connectivity index (χ4n) is 1.64. The number of halogens is 1. The molecule has 0 spiro atoms. The molecule has 6 nitrogen and oxygen atoms in total. The quantitative estimate of drug-likeness (QED) is 0.836. The van der Waals surface area contributed by atoms with E-state index in [0.29, 0.717) is 22.0 Å². The molecule has 8 heteroatoms. The van der Waals surface area contributed by atoms with Crippen molar-refractivity contribution in [3.63, 3.8) is 0 Å². The van der Waals surface area contributed by atoms with Crippen molar-refractivity contribution in [2.24, 2.45) is 7.05 Å². The number of aromatic nitrogens is 2. The number of benzene rings is 1. The largest absolute Gasteiger partial charge is 0.398 e. The van der Waals surface area contributed by atoms with Crippen LogP contribution in [0.15, 0.2) is 29.3 Å². The Hall–Kier alpha value is -1.57. The molecule has 0 fully saturated rings. The van der Waals surface area contributed by atoms with Crippen molar-refractivity contribution >= 4 is 27.3 Å². The van der Waals surface area contributed by atoms with Crippen molar-refractivity contribution in [2.45, 2.75) is 18.4 Å². The Morgan fingerprint density at radius 1 is 1.45 bits per heavy atom. The van der Waals surface area contributed by atoms with E-state index in [-0.39, 0.29) is 11.4 Å². The minimum atomic E-state index is -3.67. The van der Waals surface area contributed by atoms with Gasteiger partial charge in [0.15, 0.2) is 0 Å². The van der Waals surface area contributed by atoms with Gasteiger partial charge in [0.1, 0.15) is 0 Å². The fourth-order valence-corrected chi connectivity index (χ4v) is 2.99. The maximum atomic E-state index is 12.2. The maximum absolute atomic E-state index is 12.2. The summed E-state index contributed by atoms with van der Waals surface area (Å²) >= 11 is 5.96. The number of hydrogen-bond donors (Lipinski definition) is 2. The lowest BCUT2D eigenvalue weighted by Crippen LogP contribution is -2.23. The van der Waals surface area contributed by atoms with Gasteiger partial charge >= 0.3 is 0 Å². The number of nitrogens with one attached hydrogen (secondary N) is 1. The number of hydrogen-bond acceptors (Lipinski definition) is 4. The molecule has 1 aromatic heterocycles. The van der Waals surface area contributed by atoms with Gasteiger partial charge in [-0.25, -0.2) is 13.1 Å². The third kappa shape index (κ3) is 3.12. The number of nitrogens with zero attached hydrogens (tertiary/aromatic N) is 2. The van der Waals surface area contributed by atoms with Crippen molar-refractivity contribution < 1.29 is 8.42 Å². The number of nitrogens with two attached hydrogens (primary N) is 1. The zero-order valence-electron chi connectivity index (χ0n) is 11.1. The van der Waals surface area contributed by atoms with Gasteiger partial charge in [0.05, 0.1) is 17.1 Å². The summed E-state index contributed by atoms with van der Waals surface area (Å²) in [5.74, 6) is 0. The Balaban J connectivity index is 2.22. The summed E-state index contributed by atoms with van der Waals surface area (Å²) in [6, 6.07) is 4.51. The van der Waals surface area contributed by atoms with Gasteiger partial charge in [0, 0.05) is 24.0 Å². The van der Waals surface area contributed by atoms with Crippen molar-refractivity contribution in [1.82, 2.24) is 14.5 Å². The first-order valence-electron chi connectivity index (χ1n) is 5.83. The Morgan fingerprint density at radius 3 is 2.70 bits per heavy atom. The van der Waals surface area contributed by atoms with Gasteiger partial charge in [-0.3, -0.25) is 4.68 Å². The number of anilines is 1. The fraction of sp³-hybridized carbons (Fsp3) is 0.250. The first kappa shape index (κ1) is 14.8. The predicted molar refractivity (Wildman–Crippen MR) is 77.8 cm³/mol. The van der Waals surface area contributed by atoms with Gasteiger partial charge in [-0.2, -0.15) is 5.10 Å². The normalized spacial score (nSPS) is 11.8. The highest BCUT2D eigenvalue weighted by molar-refractivity contribution is 7.89. The highest BCUT2D eigenvalue weighted by Gasteiger charge is 2.17. The Labute approximate surface area is 122 Å². The highest BCUT2D eigenvalue weighted by Crippen LogP contribution is 2.25. The second kappa shape index (κ2) is 5.43. The maximum Gasteiger partial charge on any atom is 0.241 e. The molecule has 0 atom stereocenters. The van der Waals surface area contributed by atoms with Crippen LogP contribution in [-0.4, -0.2) is 18.2 Å². The lowest BCUT2D eigenvalue weighted by Gasteiger charge is -2.09. The monoisotopic (exact) mass is 314 g/mol. The molecule has 0 saturated carbocycles. The molecule has 3 N–H and O–H groups in total. The van der Waals surface area contributed by atoms with E-state index in [2.05, 4.69) is 9.82 Å². The van der Waals surface area contributed by atoms with E-state index in [4.69, 9.17) is 17.3 Å². The van der Waals surface area contributed by atoms with Crippen molar-refractivity contribution in [2.75, 3.05) is 5.73 Å². The van der Waals surface area contributed by atoms with E-state index in [0.717, 1.165) is 0 Å². The van der Waals surface area contributed by atoms with Crippen molar-refractivity contribution in [1.29, 1.82) is 0 Å². The van der Waals surface area contributed by atoms with Crippen LogP contribution < -0.4 is 10.5 Å². The third-order valence-electron chi connectivity index (χ3n) is 2.88. The smallest absolute Gasteiger partial charge is 0.241 e. The highest BCUT2D eigenvalue weighted by atomic mass is 35.5. The zero-order valence-corrected chi connectivity index (χ0v) is 12.7. The Morgan fingerprint density at radius 2 is 2.15 bits per heavy atom. The van der Waals surface area contributed by atoms with Crippen LogP contribution in [0.5, 0.6) is 0 Å². The average molecular weight is 315 g/mol. The Kier molecular flexibility index (Phi) is 4.03. The number of nitrogen functional groups attached to an aromatic ring is 1. The van der Waals surface area contributed by atoms with Crippen LogP contribution >= 0.6 is 11.6 Å². The van der Waals surface area contributed by atoms with Crippen LogP contribution in [0.2, 0.25) is 5.02 Å². The number of aryl methyl sites for hydroxylation is 1. The van der Waals surface area contributed by atoms with Gasteiger partial charge < -0.3 is 5.73 Å². The third-order valence-corrected chi connectivity index (χ3v) is 4.65. The minimum absolute atomic E-state index is 0.0431. The van der Waals surface area contributed by atoms with Crippen LogP contribution in [0.3, 0.4) is 0 Å². The van der Waals surface area contributed by atoms with Gasteiger partial charge in [-0.15, -0.1) is 0 Å². The minimum Gasteiger partial charge on any atom is -0.398 e. The molecular formula is C12H15ClN4O2S. The van der Waals surface area contributed by atoms with Gasteiger partial charge in [-0.05, 0) is 30.7 Å². The van der Waals surface area contributed by atoms with E-state index in [1.54, 1.807) is 30.9 Å². The molecule has 0 radical (unpaired) electrons. The van der Waals surface area contributed by atoms with Crippen molar-refractivity contribution in [3.05, 3.63) is 40.7 Å². The zero-order chi connectivity index (χ0) is 14.9. The molecule has 1 aromatic carbocycles. The van der Waals surface area contributed by atoms with E-state index in [9.17, 15) is 8.42 Å². The first-order valence-corrected chi connectivity index (χ1v) is 7.69. The standard InChI is InChI=1S/C12H15ClN4O2S/c1-8-11(13)5-10(6-12(8)14)20(18,19)15-7-9-3-4-17(2)16-9/h3-6,15H,7,14H2,1-2H3. The topological polar surface area (TPSA) is 90.0 Å². The van der Waals surface area contributed by atoms with Crippen LogP contribution in [0.1, 0.15) is 11.3 Å². The number of rotatable bonds is 4. The second-order valence-corrected chi connectivity index (χ2v) is 6.60. The summed E-state index contributed by atoms with van der Waals surface area (Å²) in [6.07, 6.45) is 1.74. The van der Waals surface area contributed by atoms with Gasteiger partial charge in [0.25, 0.3) is 0 Å². The second-order valence-electron chi connectivity index (χ2n) is 4.42. The lowest BCUT2D eigenvalue weighted by atomic mass is 10.2. The van der Waals surface area contributed by atoms with Crippen LogP contribution in [-0.2, 0) is 23.6 Å². The van der Waals surface area contributed by atoms with E-state index in [1.165, 1.54) is 12.1 Å². The summed E-state index contributed by atoms with van der Waals surface area (Å²) in [7, 11) is -1.91. The van der Waals surface area contributed by atoms with E-state index < -0.39 is 10.0 Å². The summed E-state index contributed by atoms with van der Waals surface area (Å²) < 4.78 is 28.4. The summed E-state index contributed by atoms with van der Waals surface area (Å²) in [5, 5.41) is 4.42. The lowest BCUT2D eigenvalue weighted by molar-refractivity contribution is 0.579.